The Morgan fingerprint density at radius 3 is 3.06 bits per heavy atom. The van der Waals surface area contributed by atoms with E-state index in [1.54, 1.807) is 18.2 Å². The summed E-state index contributed by atoms with van der Waals surface area (Å²) in [5.41, 5.74) is 0.535. The van der Waals surface area contributed by atoms with Crippen molar-refractivity contribution in [3.8, 4) is 6.07 Å². The minimum atomic E-state index is -0.468. The molecule has 0 saturated carbocycles. The molecule has 1 aromatic heterocycles. The lowest BCUT2D eigenvalue weighted by atomic mass is 10.1. The maximum absolute atomic E-state index is 13.6. The first-order valence-corrected chi connectivity index (χ1v) is 5.49. The Labute approximate surface area is 95.9 Å². The number of oxazole rings is 1. The Hall–Kier alpha value is -1.80. The smallest absolute Gasteiger partial charge is 0.255 e. The second kappa shape index (κ2) is 4.81. The fourth-order valence-electron chi connectivity index (χ4n) is 1.20. The van der Waals surface area contributed by atoms with E-state index in [0.29, 0.717) is 16.5 Å². The highest BCUT2D eigenvalue weighted by Crippen LogP contribution is 2.23. The van der Waals surface area contributed by atoms with Gasteiger partial charge in [-0.1, -0.05) is 23.9 Å². The maximum Gasteiger partial charge on any atom is 0.255 e. The Bertz CT molecular complexity index is 519. The molecule has 0 aliphatic heterocycles. The van der Waals surface area contributed by atoms with Gasteiger partial charge in [0.15, 0.2) is 0 Å². The van der Waals surface area contributed by atoms with Crippen LogP contribution in [0.5, 0.6) is 0 Å². The van der Waals surface area contributed by atoms with Crippen molar-refractivity contribution < 1.29 is 8.81 Å². The zero-order valence-electron chi connectivity index (χ0n) is 8.18. The van der Waals surface area contributed by atoms with E-state index < -0.39 is 5.82 Å². The third kappa shape index (κ3) is 2.23. The number of hydrogen-bond donors (Lipinski definition) is 0. The largest absolute Gasteiger partial charge is 0.440 e. The van der Waals surface area contributed by atoms with E-state index in [0.717, 1.165) is 0 Å². The molecule has 0 spiro atoms. The van der Waals surface area contributed by atoms with Crippen LogP contribution >= 0.6 is 11.8 Å². The van der Waals surface area contributed by atoms with Crippen molar-refractivity contribution in [2.24, 2.45) is 0 Å². The monoisotopic (exact) mass is 234 g/mol. The highest BCUT2D eigenvalue weighted by Gasteiger charge is 2.08. The number of hydrogen-bond acceptors (Lipinski definition) is 4. The summed E-state index contributed by atoms with van der Waals surface area (Å²) in [4.78, 5) is 3.91. The Morgan fingerprint density at radius 1 is 1.50 bits per heavy atom. The van der Waals surface area contributed by atoms with Crippen LogP contribution in [0.2, 0.25) is 0 Å². The van der Waals surface area contributed by atoms with E-state index >= 15 is 0 Å². The lowest BCUT2D eigenvalue weighted by Gasteiger charge is -2.01. The number of nitriles is 1. The highest BCUT2D eigenvalue weighted by molar-refractivity contribution is 7.98. The minimum absolute atomic E-state index is 0.0607. The summed E-state index contributed by atoms with van der Waals surface area (Å²) < 4.78 is 18.6. The zero-order chi connectivity index (χ0) is 11.4. The van der Waals surface area contributed by atoms with E-state index in [1.807, 2.05) is 0 Å². The van der Waals surface area contributed by atoms with Crippen LogP contribution in [0.25, 0.3) is 0 Å². The molecule has 5 heteroatoms. The second-order valence-electron chi connectivity index (χ2n) is 2.98. The molecule has 0 amide bonds. The van der Waals surface area contributed by atoms with Crippen LogP contribution in [0.4, 0.5) is 4.39 Å². The Balaban J connectivity index is 2.13. The van der Waals surface area contributed by atoms with Crippen molar-refractivity contribution in [1.29, 1.82) is 5.26 Å². The van der Waals surface area contributed by atoms with Crippen molar-refractivity contribution in [1.82, 2.24) is 4.98 Å². The molecule has 0 atom stereocenters. The SMILES string of the molecule is N#Cc1cccc(CSc2ncco2)c1F. The highest BCUT2D eigenvalue weighted by atomic mass is 32.2. The number of benzene rings is 1. The summed E-state index contributed by atoms with van der Waals surface area (Å²) in [6.07, 6.45) is 2.99. The molecule has 16 heavy (non-hydrogen) atoms. The van der Waals surface area contributed by atoms with Crippen molar-refractivity contribution in [2.45, 2.75) is 11.0 Å². The summed E-state index contributed by atoms with van der Waals surface area (Å²) in [5.74, 6) is -0.0777. The Kier molecular flexibility index (Phi) is 3.22. The fourth-order valence-corrected chi connectivity index (χ4v) is 1.96. The first-order chi connectivity index (χ1) is 7.81. The van der Waals surface area contributed by atoms with E-state index in [2.05, 4.69) is 4.98 Å². The molecule has 0 radical (unpaired) electrons. The summed E-state index contributed by atoms with van der Waals surface area (Å²) in [6, 6.07) is 6.56. The number of aromatic nitrogens is 1. The molecule has 0 bridgehead atoms. The van der Waals surface area contributed by atoms with Crippen LogP contribution in [-0.2, 0) is 5.75 Å². The van der Waals surface area contributed by atoms with Crippen LogP contribution in [0, 0.1) is 17.1 Å². The number of thioether (sulfide) groups is 1. The molecule has 0 saturated heterocycles. The van der Waals surface area contributed by atoms with Crippen LogP contribution in [0.3, 0.4) is 0 Å². The van der Waals surface area contributed by atoms with Crippen LogP contribution in [0.15, 0.2) is 40.3 Å². The van der Waals surface area contributed by atoms with Gasteiger partial charge in [0.25, 0.3) is 5.22 Å². The van der Waals surface area contributed by atoms with Gasteiger partial charge in [-0.2, -0.15) is 5.26 Å². The predicted octanol–water partition coefficient (Wildman–Crippen LogP) is 2.98. The first-order valence-electron chi connectivity index (χ1n) is 4.51. The number of halogens is 1. The van der Waals surface area contributed by atoms with Gasteiger partial charge in [0, 0.05) is 5.75 Å². The van der Waals surface area contributed by atoms with Gasteiger partial charge in [-0.15, -0.1) is 0 Å². The third-order valence-corrected chi connectivity index (χ3v) is 2.86. The molecule has 0 unspecified atom stereocenters. The third-order valence-electron chi connectivity index (χ3n) is 1.96. The van der Waals surface area contributed by atoms with Crippen molar-refractivity contribution in [3.63, 3.8) is 0 Å². The van der Waals surface area contributed by atoms with Crippen LogP contribution in [-0.4, -0.2) is 4.98 Å². The molecule has 80 valence electrons. The zero-order valence-corrected chi connectivity index (χ0v) is 9.00. The standard InChI is InChI=1S/C11H7FN2OS/c12-10-8(6-13)2-1-3-9(10)7-16-11-14-4-5-15-11/h1-5H,7H2. The van der Waals surface area contributed by atoms with Crippen LogP contribution < -0.4 is 0 Å². The predicted molar refractivity (Wildman–Crippen MR) is 57.2 cm³/mol. The van der Waals surface area contributed by atoms with E-state index in [4.69, 9.17) is 9.68 Å². The van der Waals surface area contributed by atoms with Gasteiger partial charge >= 0.3 is 0 Å². The van der Waals surface area contributed by atoms with Crippen molar-refractivity contribution in [2.75, 3.05) is 0 Å². The summed E-state index contributed by atoms with van der Waals surface area (Å²) in [6.45, 7) is 0. The molecule has 0 fully saturated rings. The van der Waals surface area contributed by atoms with Gasteiger partial charge in [0.05, 0.1) is 11.8 Å². The average molecular weight is 234 g/mol. The van der Waals surface area contributed by atoms with Gasteiger partial charge in [0.1, 0.15) is 18.1 Å². The van der Waals surface area contributed by atoms with Gasteiger partial charge in [0.2, 0.25) is 0 Å². The molecular formula is C11H7FN2OS. The topological polar surface area (TPSA) is 49.8 Å². The van der Waals surface area contributed by atoms with Gasteiger partial charge in [-0.05, 0) is 11.6 Å². The Morgan fingerprint density at radius 2 is 2.38 bits per heavy atom. The molecule has 0 aliphatic carbocycles. The van der Waals surface area contributed by atoms with Crippen molar-refractivity contribution in [3.05, 3.63) is 47.6 Å². The molecule has 1 aromatic carbocycles. The van der Waals surface area contributed by atoms with Crippen LogP contribution in [0.1, 0.15) is 11.1 Å². The number of rotatable bonds is 3. The van der Waals surface area contributed by atoms with Gasteiger partial charge < -0.3 is 4.42 Å². The summed E-state index contributed by atoms with van der Waals surface area (Å²) in [5, 5.41) is 9.16. The molecule has 0 aliphatic rings. The quantitative estimate of drug-likeness (QED) is 0.766. The lowest BCUT2D eigenvalue weighted by molar-refractivity contribution is 0.454. The van der Waals surface area contributed by atoms with Gasteiger partial charge in [-0.25, -0.2) is 9.37 Å². The van der Waals surface area contributed by atoms with E-state index in [-0.39, 0.29) is 5.56 Å². The molecule has 3 nitrogen and oxygen atoms in total. The molecule has 0 N–H and O–H groups in total. The van der Waals surface area contributed by atoms with E-state index in [1.165, 1.54) is 30.3 Å². The molecule has 1 heterocycles. The minimum Gasteiger partial charge on any atom is -0.440 e. The molecule has 2 aromatic rings. The summed E-state index contributed by atoms with van der Waals surface area (Å²) in [7, 11) is 0. The van der Waals surface area contributed by atoms with Gasteiger partial charge in [-0.3, -0.25) is 0 Å². The molecule has 2 rings (SSSR count). The molecular weight excluding hydrogens is 227 g/mol. The van der Waals surface area contributed by atoms with E-state index in [9.17, 15) is 4.39 Å². The maximum atomic E-state index is 13.6. The fraction of sp³-hybridized carbons (Fsp3) is 0.0909. The second-order valence-corrected chi connectivity index (χ2v) is 3.90. The summed E-state index contributed by atoms with van der Waals surface area (Å²) >= 11 is 1.29. The van der Waals surface area contributed by atoms with Crippen molar-refractivity contribution >= 4 is 11.8 Å². The lowest BCUT2D eigenvalue weighted by Crippen LogP contribution is -1.91. The normalized spacial score (nSPS) is 10.0. The first kappa shape index (κ1) is 10.7. The average Bonchev–Trinajstić information content (AvgIpc) is 2.81. The number of nitrogens with zero attached hydrogens (tertiary/aromatic N) is 2.